The molecule has 2 heterocycles. The standard InChI is InChI=1S/C41H39NO2/c1-27-17-19-29(20-18-27)41(28-13-7-5-8-14-28)22-21-31-38-37(30-15-9-10-16-34(30)40(38,2)3)32-25-35(42-23-11-6-12-24-42)36(43-4)26-33(32)39(31)44-41/h5,7-10,13-22,25-26H,6,11-12,23-24H2,1-4H3. The predicted molar refractivity (Wildman–Crippen MR) is 182 cm³/mol. The second-order valence-electron chi connectivity index (χ2n) is 13.2. The van der Waals surface area contributed by atoms with Crippen molar-refractivity contribution < 1.29 is 9.47 Å². The number of methoxy groups -OCH3 is 1. The minimum atomic E-state index is -0.766. The number of benzene rings is 5. The molecule has 1 saturated heterocycles. The number of anilines is 1. The summed E-state index contributed by atoms with van der Waals surface area (Å²) in [5.41, 5.74) is 10.2. The molecule has 0 amide bonds. The summed E-state index contributed by atoms with van der Waals surface area (Å²) in [5, 5.41) is 2.33. The Labute approximate surface area is 260 Å². The summed E-state index contributed by atoms with van der Waals surface area (Å²) >= 11 is 0. The van der Waals surface area contributed by atoms with Crippen LogP contribution < -0.4 is 14.4 Å². The highest BCUT2D eigenvalue weighted by Gasteiger charge is 2.44. The van der Waals surface area contributed by atoms with E-state index in [0.717, 1.165) is 41.1 Å². The number of fused-ring (bicyclic) bond motifs is 8. The summed E-state index contributed by atoms with van der Waals surface area (Å²) in [7, 11) is 1.80. The Balaban J connectivity index is 1.46. The lowest BCUT2D eigenvalue weighted by Gasteiger charge is -2.39. The van der Waals surface area contributed by atoms with Gasteiger partial charge in [-0.3, -0.25) is 0 Å². The lowest BCUT2D eigenvalue weighted by Crippen LogP contribution is -2.35. The second kappa shape index (κ2) is 10.0. The van der Waals surface area contributed by atoms with E-state index in [1.165, 1.54) is 63.7 Å². The summed E-state index contributed by atoms with van der Waals surface area (Å²) in [6.07, 6.45) is 8.33. The van der Waals surface area contributed by atoms with Gasteiger partial charge in [0, 0.05) is 40.6 Å². The van der Waals surface area contributed by atoms with E-state index in [0.29, 0.717) is 0 Å². The van der Waals surface area contributed by atoms with Gasteiger partial charge < -0.3 is 14.4 Å². The van der Waals surface area contributed by atoms with Crippen LogP contribution in [0.25, 0.3) is 28.0 Å². The van der Waals surface area contributed by atoms with E-state index >= 15 is 0 Å². The van der Waals surface area contributed by atoms with Gasteiger partial charge in [0.05, 0.1) is 12.8 Å². The number of aryl methyl sites for hydroxylation is 1. The van der Waals surface area contributed by atoms with Crippen LogP contribution in [-0.2, 0) is 11.0 Å². The van der Waals surface area contributed by atoms with Gasteiger partial charge in [-0.15, -0.1) is 0 Å². The molecule has 1 aliphatic carbocycles. The van der Waals surface area contributed by atoms with E-state index in [1.807, 2.05) is 0 Å². The summed E-state index contributed by atoms with van der Waals surface area (Å²) in [4.78, 5) is 2.51. The molecule has 3 nitrogen and oxygen atoms in total. The SMILES string of the molecule is COc1cc2c3c(c4c(c2cc1N1CCCCC1)-c1ccccc1C4(C)C)C=CC(c1ccccc1)(c1ccc(C)cc1)O3. The number of nitrogens with zero attached hydrogens (tertiary/aromatic N) is 1. The molecule has 44 heavy (non-hydrogen) atoms. The Kier molecular flexibility index (Phi) is 6.17. The smallest absolute Gasteiger partial charge is 0.178 e. The minimum absolute atomic E-state index is 0.181. The molecule has 1 unspecified atom stereocenters. The van der Waals surface area contributed by atoms with Crippen LogP contribution in [-0.4, -0.2) is 20.2 Å². The highest BCUT2D eigenvalue weighted by molar-refractivity contribution is 6.10. The van der Waals surface area contributed by atoms with E-state index in [2.05, 4.69) is 129 Å². The molecule has 1 fully saturated rings. The first-order valence-corrected chi connectivity index (χ1v) is 16.0. The molecule has 5 aromatic carbocycles. The maximum Gasteiger partial charge on any atom is 0.178 e. The Morgan fingerprint density at radius 1 is 0.773 bits per heavy atom. The fourth-order valence-corrected chi connectivity index (χ4v) is 7.97. The average molecular weight is 578 g/mol. The first-order valence-electron chi connectivity index (χ1n) is 16.0. The predicted octanol–water partition coefficient (Wildman–Crippen LogP) is 9.80. The van der Waals surface area contributed by atoms with Crippen LogP contribution in [0.15, 0.2) is 97.1 Å². The van der Waals surface area contributed by atoms with Crippen LogP contribution in [0.2, 0.25) is 0 Å². The van der Waals surface area contributed by atoms with E-state index in [-0.39, 0.29) is 5.41 Å². The third-order valence-corrected chi connectivity index (χ3v) is 10.2. The molecule has 0 radical (unpaired) electrons. The molecule has 0 spiro atoms. The average Bonchev–Trinajstić information content (AvgIpc) is 3.32. The van der Waals surface area contributed by atoms with Gasteiger partial charge in [0.15, 0.2) is 5.60 Å². The van der Waals surface area contributed by atoms with Crippen LogP contribution in [0.5, 0.6) is 11.5 Å². The van der Waals surface area contributed by atoms with E-state index in [9.17, 15) is 0 Å². The highest BCUT2D eigenvalue weighted by atomic mass is 16.5. The Bertz CT molecular complexity index is 1930. The van der Waals surface area contributed by atoms with Gasteiger partial charge in [0.1, 0.15) is 11.5 Å². The Morgan fingerprint density at radius 3 is 2.23 bits per heavy atom. The first kappa shape index (κ1) is 27.1. The summed E-state index contributed by atoms with van der Waals surface area (Å²) in [6.45, 7) is 8.98. The van der Waals surface area contributed by atoms with Gasteiger partial charge in [0.2, 0.25) is 0 Å². The van der Waals surface area contributed by atoms with Gasteiger partial charge in [-0.25, -0.2) is 0 Å². The fraction of sp³-hybridized carbons (Fsp3) is 0.268. The molecular weight excluding hydrogens is 538 g/mol. The normalized spacial score (nSPS) is 19.7. The van der Waals surface area contributed by atoms with Crippen molar-refractivity contribution in [3.63, 3.8) is 0 Å². The molecule has 5 aromatic rings. The molecular formula is C41H39NO2. The van der Waals surface area contributed by atoms with Crippen molar-refractivity contribution in [1.29, 1.82) is 0 Å². The monoisotopic (exact) mass is 577 g/mol. The van der Waals surface area contributed by atoms with E-state index in [1.54, 1.807) is 7.11 Å². The van der Waals surface area contributed by atoms with E-state index < -0.39 is 5.60 Å². The zero-order chi connectivity index (χ0) is 30.1. The van der Waals surface area contributed by atoms with Crippen LogP contribution in [0, 0.1) is 6.92 Å². The van der Waals surface area contributed by atoms with Gasteiger partial charge >= 0.3 is 0 Å². The van der Waals surface area contributed by atoms with Crippen LogP contribution in [0.3, 0.4) is 0 Å². The number of hydrogen-bond acceptors (Lipinski definition) is 3. The molecule has 0 bridgehead atoms. The van der Waals surface area contributed by atoms with Gasteiger partial charge in [-0.05, 0) is 72.0 Å². The molecule has 8 rings (SSSR count). The number of piperidine rings is 1. The fourth-order valence-electron chi connectivity index (χ4n) is 7.97. The molecule has 0 saturated carbocycles. The van der Waals surface area contributed by atoms with Crippen molar-refractivity contribution in [1.82, 2.24) is 0 Å². The Hall–Kier alpha value is -4.50. The third-order valence-electron chi connectivity index (χ3n) is 10.2. The van der Waals surface area contributed by atoms with E-state index in [4.69, 9.17) is 9.47 Å². The summed E-state index contributed by atoms with van der Waals surface area (Å²) < 4.78 is 13.6. The molecule has 3 heteroatoms. The van der Waals surface area contributed by atoms with Gasteiger partial charge in [-0.2, -0.15) is 0 Å². The van der Waals surface area contributed by atoms with Crippen molar-refractivity contribution in [3.8, 4) is 22.6 Å². The zero-order valence-electron chi connectivity index (χ0n) is 26.1. The first-order chi connectivity index (χ1) is 21.4. The number of rotatable bonds is 4. The topological polar surface area (TPSA) is 21.7 Å². The largest absolute Gasteiger partial charge is 0.495 e. The Morgan fingerprint density at radius 2 is 1.48 bits per heavy atom. The van der Waals surface area contributed by atoms with Crippen molar-refractivity contribution in [2.24, 2.45) is 0 Å². The summed E-state index contributed by atoms with van der Waals surface area (Å²) in [6, 6.07) is 33.0. The molecule has 2 aliphatic heterocycles. The quantitative estimate of drug-likeness (QED) is 0.212. The lowest BCUT2D eigenvalue weighted by molar-refractivity contribution is 0.163. The van der Waals surface area contributed by atoms with Crippen molar-refractivity contribution in [3.05, 3.63) is 130 Å². The molecule has 1 atom stereocenters. The number of hydrogen-bond donors (Lipinski definition) is 0. The van der Waals surface area contributed by atoms with Crippen LogP contribution >= 0.6 is 0 Å². The third kappa shape index (κ3) is 3.88. The van der Waals surface area contributed by atoms with Gasteiger partial charge in [-0.1, -0.05) is 104 Å². The lowest BCUT2D eigenvalue weighted by atomic mass is 9.76. The van der Waals surface area contributed by atoms with Gasteiger partial charge in [0.25, 0.3) is 0 Å². The van der Waals surface area contributed by atoms with Crippen LogP contribution in [0.1, 0.15) is 66.5 Å². The second-order valence-corrected chi connectivity index (χ2v) is 13.2. The van der Waals surface area contributed by atoms with Crippen molar-refractivity contribution in [2.45, 2.75) is 51.0 Å². The molecule has 0 aromatic heterocycles. The molecule has 220 valence electrons. The van der Waals surface area contributed by atoms with Crippen LogP contribution in [0.4, 0.5) is 5.69 Å². The molecule has 0 N–H and O–H groups in total. The van der Waals surface area contributed by atoms with Crippen molar-refractivity contribution in [2.75, 3.05) is 25.1 Å². The van der Waals surface area contributed by atoms with Crippen molar-refractivity contribution >= 4 is 22.5 Å². The number of ether oxygens (including phenoxy) is 2. The maximum atomic E-state index is 7.49. The highest BCUT2D eigenvalue weighted by Crippen LogP contribution is 2.59. The maximum absolute atomic E-state index is 7.49. The molecule has 3 aliphatic rings. The summed E-state index contributed by atoms with van der Waals surface area (Å²) in [5.74, 6) is 1.83. The zero-order valence-corrected chi connectivity index (χ0v) is 26.1. The minimum Gasteiger partial charge on any atom is -0.495 e.